The van der Waals surface area contributed by atoms with Gasteiger partial charge in [0.1, 0.15) is 5.75 Å². The van der Waals surface area contributed by atoms with Gasteiger partial charge in [0.05, 0.1) is 13.7 Å². The molecule has 0 aliphatic rings. The molecule has 3 heteroatoms. The van der Waals surface area contributed by atoms with E-state index in [0.29, 0.717) is 6.61 Å². The van der Waals surface area contributed by atoms with Gasteiger partial charge in [-0.1, -0.05) is 79.4 Å². The van der Waals surface area contributed by atoms with Crippen LogP contribution in [0.2, 0.25) is 0 Å². The standard InChI is InChI=1S/C28H26O3/c1-4-26(22-9-7-6-8-10-22)28(24-16-18-25(30-3)19-17-24)23-14-11-21(12-15-23)13-20-27(29)31-5-2/h4,6-20H,1,5H2,2-3H3/b20-13+,28-26-. The Morgan fingerprint density at radius 1 is 0.871 bits per heavy atom. The summed E-state index contributed by atoms with van der Waals surface area (Å²) in [6.07, 6.45) is 5.09. The normalized spacial score (nSPS) is 11.7. The average molecular weight is 411 g/mol. The van der Waals surface area contributed by atoms with Crippen molar-refractivity contribution < 1.29 is 14.3 Å². The Bertz CT molecular complexity index is 1070. The van der Waals surface area contributed by atoms with Crippen molar-refractivity contribution >= 4 is 23.2 Å². The van der Waals surface area contributed by atoms with E-state index in [9.17, 15) is 4.79 Å². The number of carbonyl (C=O) groups excluding carboxylic acids is 1. The minimum absolute atomic E-state index is 0.344. The fraction of sp³-hybridized carbons (Fsp3) is 0.107. The zero-order chi connectivity index (χ0) is 22.1. The molecule has 156 valence electrons. The summed E-state index contributed by atoms with van der Waals surface area (Å²) >= 11 is 0. The lowest BCUT2D eigenvalue weighted by atomic mass is 9.89. The number of ether oxygens (including phenoxy) is 2. The molecule has 0 N–H and O–H groups in total. The second kappa shape index (κ2) is 10.8. The minimum atomic E-state index is -0.344. The third kappa shape index (κ3) is 5.61. The molecule has 0 saturated carbocycles. The predicted octanol–water partition coefficient (Wildman–Crippen LogP) is 6.42. The summed E-state index contributed by atoms with van der Waals surface area (Å²) in [6.45, 7) is 6.23. The van der Waals surface area contributed by atoms with Crippen molar-refractivity contribution in [3.8, 4) is 5.75 Å². The van der Waals surface area contributed by atoms with Gasteiger partial charge in [-0.05, 0) is 58.5 Å². The lowest BCUT2D eigenvalue weighted by Crippen LogP contribution is -1.98. The molecule has 0 atom stereocenters. The number of methoxy groups -OCH3 is 1. The van der Waals surface area contributed by atoms with E-state index in [2.05, 4.69) is 43.0 Å². The summed E-state index contributed by atoms with van der Waals surface area (Å²) in [6, 6.07) is 26.3. The number of benzene rings is 3. The highest BCUT2D eigenvalue weighted by Crippen LogP contribution is 2.34. The molecule has 0 spiro atoms. The molecule has 0 fully saturated rings. The van der Waals surface area contributed by atoms with Gasteiger partial charge in [-0.15, -0.1) is 0 Å². The molecule has 3 aromatic carbocycles. The van der Waals surface area contributed by atoms with E-state index in [1.165, 1.54) is 6.08 Å². The number of rotatable bonds is 8. The molecule has 0 heterocycles. The van der Waals surface area contributed by atoms with Gasteiger partial charge in [-0.2, -0.15) is 0 Å². The van der Waals surface area contributed by atoms with Crippen LogP contribution in [0.1, 0.15) is 29.2 Å². The summed E-state index contributed by atoms with van der Waals surface area (Å²) < 4.78 is 10.3. The number of hydrogen-bond acceptors (Lipinski definition) is 3. The molecule has 3 nitrogen and oxygen atoms in total. The lowest BCUT2D eigenvalue weighted by Gasteiger charge is -2.15. The van der Waals surface area contributed by atoms with Gasteiger partial charge in [0.2, 0.25) is 0 Å². The number of allylic oxidation sites excluding steroid dienone is 2. The molecular formula is C28H26O3. The van der Waals surface area contributed by atoms with Crippen molar-refractivity contribution in [3.63, 3.8) is 0 Å². The van der Waals surface area contributed by atoms with Crippen LogP contribution in [-0.4, -0.2) is 19.7 Å². The molecule has 3 rings (SSSR count). The van der Waals surface area contributed by atoms with Gasteiger partial charge in [0.15, 0.2) is 0 Å². The summed E-state index contributed by atoms with van der Waals surface area (Å²) in [5.41, 5.74) is 6.25. The molecule has 0 aromatic heterocycles. The fourth-order valence-electron chi connectivity index (χ4n) is 3.33. The third-order valence-electron chi connectivity index (χ3n) is 4.83. The van der Waals surface area contributed by atoms with Crippen LogP contribution >= 0.6 is 0 Å². The SMILES string of the molecule is C=C/C(=C(\c1ccc(/C=C/C(=O)OCC)cc1)c1ccc(OC)cc1)c1ccccc1. The van der Waals surface area contributed by atoms with Gasteiger partial charge in [0.25, 0.3) is 0 Å². The Morgan fingerprint density at radius 3 is 2.03 bits per heavy atom. The summed E-state index contributed by atoms with van der Waals surface area (Å²) in [7, 11) is 1.66. The van der Waals surface area contributed by atoms with E-state index in [1.54, 1.807) is 20.1 Å². The highest BCUT2D eigenvalue weighted by atomic mass is 16.5. The van der Waals surface area contributed by atoms with Gasteiger partial charge >= 0.3 is 5.97 Å². The van der Waals surface area contributed by atoms with E-state index >= 15 is 0 Å². The van der Waals surface area contributed by atoms with Crippen molar-refractivity contribution in [2.75, 3.05) is 13.7 Å². The summed E-state index contributed by atoms with van der Waals surface area (Å²) in [4.78, 5) is 11.6. The molecule has 0 unspecified atom stereocenters. The van der Waals surface area contributed by atoms with E-state index in [4.69, 9.17) is 9.47 Å². The molecule has 31 heavy (non-hydrogen) atoms. The smallest absolute Gasteiger partial charge is 0.330 e. The van der Waals surface area contributed by atoms with Crippen molar-refractivity contribution in [1.29, 1.82) is 0 Å². The first-order valence-electron chi connectivity index (χ1n) is 10.2. The van der Waals surface area contributed by atoms with Crippen molar-refractivity contribution in [3.05, 3.63) is 120 Å². The quantitative estimate of drug-likeness (QED) is 0.186. The van der Waals surface area contributed by atoms with E-state index in [0.717, 1.165) is 39.1 Å². The molecule has 0 aliphatic carbocycles. The monoisotopic (exact) mass is 410 g/mol. The fourth-order valence-corrected chi connectivity index (χ4v) is 3.33. The van der Waals surface area contributed by atoms with Crippen molar-refractivity contribution in [2.24, 2.45) is 0 Å². The predicted molar refractivity (Wildman–Crippen MR) is 128 cm³/mol. The van der Waals surface area contributed by atoms with Crippen LogP contribution in [0.3, 0.4) is 0 Å². The van der Waals surface area contributed by atoms with Crippen molar-refractivity contribution in [2.45, 2.75) is 6.92 Å². The average Bonchev–Trinajstić information content (AvgIpc) is 2.82. The van der Waals surface area contributed by atoms with Crippen LogP contribution in [0.4, 0.5) is 0 Å². The van der Waals surface area contributed by atoms with Crippen LogP contribution in [0.25, 0.3) is 17.2 Å². The Kier molecular flexibility index (Phi) is 7.61. The maximum Gasteiger partial charge on any atom is 0.330 e. The zero-order valence-electron chi connectivity index (χ0n) is 17.9. The molecule has 0 saturated heterocycles. The maximum absolute atomic E-state index is 11.6. The van der Waals surface area contributed by atoms with E-state index in [1.807, 2.05) is 48.5 Å². The highest BCUT2D eigenvalue weighted by molar-refractivity contribution is 6.02. The Morgan fingerprint density at radius 2 is 1.48 bits per heavy atom. The Hall–Kier alpha value is -3.85. The van der Waals surface area contributed by atoms with Gasteiger partial charge in [0, 0.05) is 6.08 Å². The second-order valence-electron chi connectivity index (χ2n) is 6.79. The number of hydrogen-bond donors (Lipinski definition) is 0. The molecular weight excluding hydrogens is 384 g/mol. The topological polar surface area (TPSA) is 35.5 Å². The lowest BCUT2D eigenvalue weighted by molar-refractivity contribution is -0.137. The minimum Gasteiger partial charge on any atom is -0.497 e. The molecule has 0 aliphatic heterocycles. The first-order valence-corrected chi connectivity index (χ1v) is 10.2. The van der Waals surface area contributed by atoms with Crippen LogP contribution in [0, 0.1) is 0 Å². The number of carbonyl (C=O) groups is 1. The summed E-state index contributed by atoms with van der Waals surface area (Å²) in [5, 5.41) is 0. The Balaban J connectivity index is 2.07. The van der Waals surface area contributed by atoms with Crippen LogP contribution in [0.15, 0.2) is 97.6 Å². The van der Waals surface area contributed by atoms with Crippen molar-refractivity contribution in [1.82, 2.24) is 0 Å². The van der Waals surface area contributed by atoms with Gasteiger partial charge < -0.3 is 9.47 Å². The van der Waals surface area contributed by atoms with E-state index < -0.39 is 0 Å². The molecule has 0 bridgehead atoms. The Labute approximate surface area is 184 Å². The number of esters is 1. The van der Waals surface area contributed by atoms with Crippen LogP contribution in [0.5, 0.6) is 5.75 Å². The van der Waals surface area contributed by atoms with Gasteiger partial charge in [-0.3, -0.25) is 0 Å². The highest BCUT2D eigenvalue weighted by Gasteiger charge is 2.12. The third-order valence-corrected chi connectivity index (χ3v) is 4.83. The van der Waals surface area contributed by atoms with Crippen LogP contribution in [-0.2, 0) is 9.53 Å². The maximum atomic E-state index is 11.6. The zero-order valence-corrected chi connectivity index (χ0v) is 17.9. The largest absolute Gasteiger partial charge is 0.497 e. The molecule has 3 aromatic rings. The second-order valence-corrected chi connectivity index (χ2v) is 6.79. The van der Waals surface area contributed by atoms with Gasteiger partial charge in [-0.25, -0.2) is 4.79 Å². The first-order chi connectivity index (χ1) is 15.2. The van der Waals surface area contributed by atoms with E-state index in [-0.39, 0.29) is 5.97 Å². The first kappa shape index (κ1) is 21.8. The molecule has 0 radical (unpaired) electrons. The summed E-state index contributed by atoms with van der Waals surface area (Å²) in [5.74, 6) is 0.464. The molecule has 0 amide bonds. The van der Waals surface area contributed by atoms with Crippen LogP contribution < -0.4 is 4.74 Å².